The first-order chi connectivity index (χ1) is 10.1. The molecule has 0 unspecified atom stereocenters. The predicted molar refractivity (Wildman–Crippen MR) is 84.6 cm³/mol. The first-order valence-corrected chi connectivity index (χ1v) is 7.16. The molecule has 21 heavy (non-hydrogen) atoms. The molecule has 0 aliphatic heterocycles. The van der Waals surface area contributed by atoms with Gasteiger partial charge in [0, 0.05) is 22.1 Å². The second kappa shape index (κ2) is 5.61. The van der Waals surface area contributed by atoms with Gasteiger partial charge in [-0.15, -0.1) is 0 Å². The summed E-state index contributed by atoms with van der Waals surface area (Å²) in [6.07, 6.45) is 0. The molecular weight excluding hydrogens is 334 g/mol. The summed E-state index contributed by atoms with van der Waals surface area (Å²) in [6.45, 7) is 0.658. The van der Waals surface area contributed by atoms with E-state index in [1.165, 1.54) is 0 Å². The lowest BCUT2D eigenvalue weighted by Gasteiger charge is -2.06. The molecule has 0 aliphatic carbocycles. The minimum atomic E-state index is -1.05. The molecule has 4 nitrogen and oxygen atoms in total. The molecule has 0 saturated heterocycles. The minimum Gasteiger partial charge on any atom is -0.475 e. The molecular formula is C16H12BrNO3. The Morgan fingerprint density at radius 3 is 2.62 bits per heavy atom. The number of carboxylic acid groups (broad SMARTS) is 1. The third-order valence-corrected chi connectivity index (χ3v) is 3.66. The van der Waals surface area contributed by atoms with Gasteiger partial charge in [0.2, 0.25) is 5.76 Å². The van der Waals surface area contributed by atoms with E-state index in [-0.39, 0.29) is 5.76 Å². The average Bonchev–Trinajstić information content (AvgIpc) is 2.90. The molecule has 0 atom stereocenters. The zero-order valence-electron chi connectivity index (χ0n) is 11.0. The largest absolute Gasteiger partial charge is 0.475 e. The molecule has 5 heteroatoms. The maximum Gasteiger partial charge on any atom is 0.371 e. The maximum atomic E-state index is 10.9. The normalized spacial score (nSPS) is 10.7. The lowest BCUT2D eigenvalue weighted by Crippen LogP contribution is -1.98. The van der Waals surface area contributed by atoms with E-state index in [1.54, 1.807) is 12.1 Å². The van der Waals surface area contributed by atoms with E-state index in [9.17, 15) is 4.79 Å². The first-order valence-electron chi connectivity index (χ1n) is 6.37. The van der Waals surface area contributed by atoms with Gasteiger partial charge in [-0.3, -0.25) is 0 Å². The molecule has 1 aromatic heterocycles. The first kappa shape index (κ1) is 13.7. The van der Waals surface area contributed by atoms with Crippen molar-refractivity contribution in [2.24, 2.45) is 0 Å². The highest BCUT2D eigenvalue weighted by Crippen LogP contribution is 2.22. The third kappa shape index (κ3) is 3.08. The summed E-state index contributed by atoms with van der Waals surface area (Å²) in [6, 6.07) is 15.1. The van der Waals surface area contributed by atoms with Gasteiger partial charge in [-0.25, -0.2) is 4.79 Å². The van der Waals surface area contributed by atoms with E-state index in [4.69, 9.17) is 9.52 Å². The van der Waals surface area contributed by atoms with E-state index in [2.05, 4.69) is 21.2 Å². The van der Waals surface area contributed by atoms with Gasteiger partial charge < -0.3 is 14.8 Å². The van der Waals surface area contributed by atoms with Crippen molar-refractivity contribution < 1.29 is 14.3 Å². The van der Waals surface area contributed by atoms with Gasteiger partial charge in [0.25, 0.3) is 0 Å². The predicted octanol–water partition coefficient (Wildman–Crippen LogP) is 4.51. The summed E-state index contributed by atoms with van der Waals surface area (Å²) in [5.41, 5.74) is 2.67. The van der Waals surface area contributed by atoms with Crippen LogP contribution in [0.15, 0.2) is 57.4 Å². The fourth-order valence-corrected chi connectivity index (χ4v) is 2.34. The standard InChI is InChI=1S/C16H12BrNO3/c17-12-2-4-13(5-3-12)18-9-10-1-6-14-11(7-10)8-15(21-14)16(19)20/h1-8,18H,9H2,(H,19,20). The Labute approximate surface area is 129 Å². The van der Waals surface area contributed by atoms with Crippen LogP contribution in [0.5, 0.6) is 0 Å². The van der Waals surface area contributed by atoms with E-state index in [0.717, 1.165) is 21.1 Å². The fraction of sp³-hybridized carbons (Fsp3) is 0.0625. The van der Waals surface area contributed by atoms with Crippen molar-refractivity contribution in [2.75, 3.05) is 5.32 Å². The lowest BCUT2D eigenvalue weighted by molar-refractivity contribution is 0.0665. The molecule has 0 saturated carbocycles. The molecule has 0 spiro atoms. The van der Waals surface area contributed by atoms with Crippen LogP contribution in [0.2, 0.25) is 0 Å². The van der Waals surface area contributed by atoms with Crippen molar-refractivity contribution in [1.29, 1.82) is 0 Å². The van der Waals surface area contributed by atoms with Gasteiger partial charge in [-0.2, -0.15) is 0 Å². The smallest absolute Gasteiger partial charge is 0.371 e. The molecule has 3 aromatic rings. The van der Waals surface area contributed by atoms with Gasteiger partial charge in [0.15, 0.2) is 0 Å². The molecule has 1 heterocycles. The summed E-state index contributed by atoms with van der Waals surface area (Å²) in [4.78, 5) is 10.9. The molecule has 106 valence electrons. The van der Waals surface area contributed by atoms with Crippen LogP contribution >= 0.6 is 15.9 Å². The average molecular weight is 346 g/mol. The highest BCUT2D eigenvalue weighted by Gasteiger charge is 2.10. The number of furan rings is 1. The summed E-state index contributed by atoms with van der Waals surface area (Å²) in [5, 5.41) is 13.0. The number of benzene rings is 2. The topological polar surface area (TPSA) is 62.5 Å². The molecule has 0 amide bonds. The van der Waals surface area contributed by atoms with Crippen molar-refractivity contribution >= 4 is 38.6 Å². The summed E-state index contributed by atoms with van der Waals surface area (Å²) in [7, 11) is 0. The van der Waals surface area contributed by atoms with Crippen LogP contribution in [0.3, 0.4) is 0 Å². The number of rotatable bonds is 4. The second-order valence-corrected chi connectivity index (χ2v) is 5.56. The Morgan fingerprint density at radius 1 is 1.14 bits per heavy atom. The van der Waals surface area contributed by atoms with E-state index >= 15 is 0 Å². The minimum absolute atomic E-state index is 0.0389. The van der Waals surface area contributed by atoms with Crippen molar-refractivity contribution in [3.05, 3.63) is 64.3 Å². The maximum absolute atomic E-state index is 10.9. The molecule has 2 N–H and O–H groups in total. The highest BCUT2D eigenvalue weighted by molar-refractivity contribution is 9.10. The van der Waals surface area contributed by atoms with Crippen LogP contribution < -0.4 is 5.32 Å². The summed E-state index contributed by atoms with van der Waals surface area (Å²) >= 11 is 3.40. The zero-order chi connectivity index (χ0) is 14.8. The van der Waals surface area contributed by atoms with E-state index < -0.39 is 5.97 Å². The fourth-order valence-electron chi connectivity index (χ4n) is 2.08. The van der Waals surface area contributed by atoms with Gasteiger partial charge in [0.1, 0.15) is 5.58 Å². The second-order valence-electron chi connectivity index (χ2n) is 4.65. The number of carboxylic acids is 1. The Balaban J connectivity index is 1.77. The Hall–Kier alpha value is -2.27. The van der Waals surface area contributed by atoms with Crippen LogP contribution in [0.25, 0.3) is 11.0 Å². The Kier molecular flexibility index (Phi) is 3.66. The monoisotopic (exact) mass is 345 g/mol. The van der Waals surface area contributed by atoms with Gasteiger partial charge >= 0.3 is 5.97 Å². The zero-order valence-corrected chi connectivity index (χ0v) is 12.6. The van der Waals surface area contributed by atoms with Gasteiger partial charge in [-0.05, 0) is 48.0 Å². The van der Waals surface area contributed by atoms with Crippen LogP contribution in [0, 0.1) is 0 Å². The van der Waals surface area contributed by atoms with Crippen LogP contribution in [0.1, 0.15) is 16.1 Å². The van der Waals surface area contributed by atoms with Gasteiger partial charge in [-0.1, -0.05) is 22.0 Å². The molecule has 2 aromatic carbocycles. The SMILES string of the molecule is O=C(O)c1cc2cc(CNc3ccc(Br)cc3)ccc2o1. The third-order valence-electron chi connectivity index (χ3n) is 3.13. The lowest BCUT2D eigenvalue weighted by atomic mass is 10.1. The van der Waals surface area contributed by atoms with E-state index in [1.807, 2.05) is 36.4 Å². The number of nitrogens with one attached hydrogen (secondary N) is 1. The quantitative estimate of drug-likeness (QED) is 0.730. The molecule has 0 fully saturated rings. The van der Waals surface area contributed by atoms with E-state index in [0.29, 0.717) is 12.1 Å². The number of hydrogen-bond donors (Lipinski definition) is 2. The number of carbonyl (C=O) groups is 1. The Bertz CT molecular complexity index is 793. The molecule has 0 bridgehead atoms. The van der Waals surface area contributed by atoms with Crippen molar-refractivity contribution in [3.63, 3.8) is 0 Å². The number of aromatic carboxylic acids is 1. The number of fused-ring (bicyclic) bond motifs is 1. The molecule has 0 radical (unpaired) electrons. The number of anilines is 1. The van der Waals surface area contributed by atoms with Crippen molar-refractivity contribution in [3.8, 4) is 0 Å². The molecule has 0 aliphatic rings. The summed E-state index contributed by atoms with van der Waals surface area (Å²) in [5.74, 6) is -1.09. The van der Waals surface area contributed by atoms with Gasteiger partial charge in [0.05, 0.1) is 0 Å². The van der Waals surface area contributed by atoms with Crippen molar-refractivity contribution in [1.82, 2.24) is 0 Å². The number of halogens is 1. The molecule has 3 rings (SSSR count). The summed E-state index contributed by atoms with van der Waals surface area (Å²) < 4.78 is 6.27. The van der Waals surface area contributed by atoms with Crippen LogP contribution in [-0.2, 0) is 6.54 Å². The highest BCUT2D eigenvalue weighted by atomic mass is 79.9. The van der Waals surface area contributed by atoms with Crippen LogP contribution in [-0.4, -0.2) is 11.1 Å². The number of hydrogen-bond acceptors (Lipinski definition) is 3. The Morgan fingerprint density at radius 2 is 1.90 bits per heavy atom. The van der Waals surface area contributed by atoms with Crippen LogP contribution in [0.4, 0.5) is 5.69 Å². The van der Waals surface area contributed by atoms with Crippen molar-refractivity contribution in [2.45, 2.75) is 6.54 Å².